The Morgan fingerprint density at radius 2 is 2.06 bits per heavy atom. The highest BCUT2D eigenvalue weighted by atomic mass is 16.5. The number of hydrogen-bond donors (Lipinski definition) is 1. The molecule has 1 N–H and O–H groups in total. The van der Waals surface area contributed by atoms with Crippen LogP contribution in [0.2, 0.25) is 0 Å². The van der Waals surface area contributed by atoms with Crippen LogP contribution in [0.15, 0.2) is 0 Å². The van der Waals surface area contributed by atoms with E-state index in [1.807, 2.05) is 0 Å². The fraction of sp³-hybridized carbons (Fsp3) is 0.583. The van der Waals surface area contributed by atoms with E-state index in [-0.39, 0.29) is 18.4 Å². The standard InChI is InChI=1S/C12H18N2O3/c1-4-5-6-11-13-10(7-17-9(3)16)12(14-11)8(2)15/h4-7H2,1-3H3,(H,13,14). The van der Waals surface area contributed by atoms with Crippen molar-refractivity contribution in [3.8, 4) is 0 Å². The number of ether oxygens (including phenoxy) is 1. The number of imidazole rings is 1. The van der Waals surface area contributed by atoms with Crippen LogP contribution >= 0.6 is 0 Å². The average Bonchev–Trinajstić information content (AvgIpc) is 2.67. The van der Waals surface area contributed by atoms with Gasteiger partial charge in [-0.3, -0.25) is 9.59 Å². The molecule has 0 atom stereocenters. The summed E-state index contributed by atoms with van der Waals surface area (Å²) in [6.07, 6.45) is 2.88. The topological polar surface area (TPSA) is 72.0 Å². The Balaban J connectivity index is 2.81. The molecule has 0 aliphatic heterocycles. The van der Waals surface area contributed by atoms with Crippen molar-refractivity contribution in [1.29, 1.82) is 0 Å². The highest BCUT2D eigenvalue weighted by molar-refractivity contribution is 5.93. The van der Waals surface area contributed by atoms with Crippen LogP contribution in [0.3, 0.4) is 0 Å². The van der Waals surface area contributed by atoms with E-state index in [1.165, 1.54) is 13.8 Å². The lowest BCUT2D eigenvalue weighted by Gasteiger charge is -1.99. The number of aromatic nitrogens is 2. The number of esters is 1. The Kier molecular flexibility index (Phi) is 4.87. The molecule has 0 saturated carbocycles. The monoisotopic (exact) mass is 238 g/mol. The van der Waals surface area contributed by atoms with Crippen LogP contribution in [-0.4, -0.2) is 21.7 Å². The summed E-state index contributed by atoms with van der Waals surface area (Å²) in [6, 6.07) is 0. The maximum atomic E-state index is 11.4. The largest absolute Gasteiger partial charge is 0.459 e. The molecule has 17 heavy (non-hydrogen) atoms. The second-order valence-corrected chi connectivity index (χ2v) is 3.95. The first-order chi connectivity index (χ1) is 8.04. The first kappa shape index (κ1) is 13.4. The molecular formula is C12H18N2O3. The molecule has 1 aromatic heterocycles. The summed E-state index contributed by atoms with van der Waals surface area (Å²) in [4.78, 5) is 29.4. The van der Waals surface area contributed by atoms with Gasteiger partial charge in [0.1, 0.15) is 23.8 Å². The smallest absolute Gasteiger partial charge is 0.303 e. The molecule has 0 aromatic carbocycles. The van der Waals surface area contributed by atoms with E-state index in [9.17, 15) is 9.59 Å². The Morgan fingerprint density at radius 1 is 1.35 bits per heavy atom. The van der Waals surface area contributed by atoms with Crippen molar-refractivity contribution >= 4 is 11.8 Å². The number of ketones is 1. The van der Waals surface area contributed by atoms with E-state index in [1.54, 1.807) is 0 Å². The van der Waals surface area contributed by atoms with Crippen LogP contribution in [0.25, 0.3) is 0 Å². The zero-order chi connectivity index (χ0) is 12.8. The molecular weight excluding hydrogens is 220 g/mol. The second kappa shape index (κ2) is 6.18. The van der Waals surface area contributed by atoms with Crippen LogP contribution in [0, 0.1) is 0 Å². The number of nitrogens with one attached hydrogen (secondary N) is 1. The van der Waals surface area contributed by atoms with Gasteiger partial charge >= 0.3 is 5.97 Å². The predicted octanol–water partition coefficient (Wildman–Crippen LogP) is 2.02. The summed E-state index contributed by atoms with van der Waals surface area (Å²) in [5.41, 5.74) is 0.955. The van der Waals surface area contributed by atoms with Gasteiger partial charge in [0.2, 0.25) is 0 Å². The highest BCUT2D eigenvalue weighted by Crippen LogP contribution is 2.11. The summed E-state index contributed by atoms with van der Waals surface area (Å²) in [5.74, 6) is 0.305. The summed E-state index contributed by atoms with van der Waals surface area (Å²) in [7, 11) is 0. The molecule has 0 amide bonds. The van der Waals surface area contributed by atoms with Crippen LogP contribution in [0.1, 0.15) is 55.6 Å². The SMILES string of the molecule is CCCCc1nc(COC(C)=O)c(C(C)=O)[nH]1. The molecule has 5 nitrogen and oxygen atoms in total. The third-order valence-corrected chi connectivity index (χ3v) is 2.36. The van der Waals surface area contributed by atoms with Gasteiger partial charge in [-0.25, -0.2) is 4.98 Å². The minimum Gasteiger partial charge on any atom is -0.459 e. The van der Waals surface area contributed by atoms with Crippen LogP contribution in [-0.2, 0) is 22.6 Å². The number of hydrogen-bond acceptors (Lipinski definition) is 4. The molecule has 1 heterocycles. The minimum atomic E-state index is -0.377. The number of H-pyrrole nitrogens is 1. The lowest BCUT2D eigenvalue weighted by atomic mass is 10.2. The number of aromatic amines is 1. The van der Waals surface area contributed by atoms with E-state index in [0.29, 0.717) is 11.4 Å². The van der Waals surface area contributed by atoms with Gasteiger partial charge < -0.3 is 9.72 Å². The molecule has 0 bridgehead atoms. The molecule has 0 spiro atoms. The van der Waals surface area contributed by atoms with Crippen molar-refractivity contribution in [3.05, 3.63) is 17.2 Å². The molecule has 0 aliphatic rings. The summed E-state index contributed by atoms with van der Waals surface area (Å²) >= 11 is 0. The second-order valence-electron chi connectivity index (χ2n) is 3.95. The van der Waals surface area contributed by atoms with Crippen LogP contribution in [0.5, 0.6) is 0 Å². The van der Waals surface area contributed by atoms with E-state index in [2.05, 4.69) is 16.9 Å². The molecule has 0 fully saturated rings. The van der Waals surface area contributed by atoms with E-state index >= 15 is 0 Å². The minimum absolute atomic E-state index is 0.0485. The molecule has 1 aromatic rings. The Bertz CT molecular complexity index is 410. The van der Waals surface area contributed by atoms with Crippen LogP contribution < -0.4 is 0 Å². The van der Waals surface area contributed by atoms with Gasteiger partial charge in [0.25, 0.3) is 0 Å². The van der Waals surface area contributed by atoms with Crippen LogP contribution in [0.4, 0.5) is 0 Å². The number of rotatable bonds is 6. The molecule has 1 rings (SSSR count). The quantitative estimate of drug-likeness (QED) is 0.608. The fourth-order valence-electron chi connectivity index (χ4n) is 1.49. The van der Waals surface area contributed by atoms with Gasteiger partial charge in [0.15, 0.2) is 5.78 Å². The number of Topliss-reactive ketones (excluding diaryl/α,β-unsaturated/α-hetero) is 1. The molecule has 0 unspecified atom stereocenters. The number of unbranched alkanes of at least 4 members (excludes halogenated alkanes) is 1. The number of carbonyl (C=O) groups is 2. The average molecular weight is 238 g/mol. The first-order valence-corrected chi connectivity index (χ1v) is 5.76. The highest BCUT2D eigenvalue weighted by Gasteiger charge is 2.14. The predicted molar refractivity (Wildman–Crippen MR) is 62.7 cm³/mol. The third-order valence-electron chi connectivity index (χ3n) is 2.36. The molecule has 94 valence electrons. The number of carbonyl (C=O) groups excluding carboxylic acids is 2. The lowest BCUT2D eigenvalue weighted by molar-refractivity contribution is -0.142. The number of aryl methyl sites for hydroxylation is 1. The maximum Gasteiger partial charge on any atom is 0.303 e. The zero-order valence-corrected chi connectivity index (χ0v) is 10.5. The molecule has 0 radical (unpaired) electrons. The van der Waals surface area contributed by atoms with Crippen molar-refractivity contribution in [2.75, 3.05) is 0 Å². The van der Waals surface area contributed by atoms with Gasteiger partial charge in [-0.05, 0) is 6.42 Å². The van der Waals surface area contributed by atoms with Crippen molar-refractivity contribution in [3.63, 3.8) is 0 Å². The maximum absolute atomic E-state index is 11.4. The fourth-order valence-corrected chi connectivity index (χ4v) is 1.49. The van der Waals surface area contributed by atoms with Crippen molar-refractivity contribution < 1.29 is 14.3 Å². The molecule has 0 saturated heterocycles. The van der Waals surface area contributed by atoms with Crippen molar-refractivity contribution in [2.24, 2.45) is 0 Å². The summed E-state index contributed by atoms with van der Waals surface area (Å²) in [6.45, 7) is 4.94. The van der Waals surface area contributed by atoms with Crippen molar-refractivity contribution in [1.82, 2.24) is 9.97 Å². The van der Waals surface area contributed by atoms with E-state index < -0.39 is 0 Å². The first-order valence-electron chi connectivity index (χ1n) is 5.76. The Hall–Kier alpha value is -1.65. The van der Waals surface area contributed by atoms with Crippen molar-refractivity contribution in [2.45, 2.75) is 46.6 Å². The molecule has 0 aliphatic carbocycles. The van der Waals surface area contributed by atoms with Gasteiger partial charge in [-0.1, -0.05) is 13.3 Å². The number of nitrogens with zero attached hydrogens (tertiary/aromatic N) is 1. The zero-order valence-electron chi connectivity index (χ0n) is 10.5. The lowest BCUT2D eigenvalue weighted by Crippen LogP contribution is -2.04. The van der Waals surface area contributed by atoms with E-state index in [0.717, 1.165) is 25.1 Å². The summed E-state index contributed by atoms with van der Waals surface area (Å²) in [5, 5.41) is 0. The molecule has 5 heteroatoms. The Morgan fingerprint density at radius 3 is 2.59 bits per heavy atom. The van der Waals surface area contributed by atoms with Gasteiger partial charge in [0.05, 0.1) is 0 Å². The third kappa shape index (κ3) is 4.01. The van der Waals surface area contributed by atoms with Gasteiger partial charge in [0, 0.05) is 20.3 Å². The summed E-state index contributed by atoms with van der Waals surface area (Å²) < 4.78 is 4.86. The van der Waals surface area contributed by atoms with E-state index in [4.69, 9.17) is 4.74 Å². The van der Waals surface area contributed by atoms with Gasteiger partial charge in [-0.2, -0.15) is 0 Å². The normalized spacial score (nSPS) is 10.3. The Labute approximate surface area is 101 Å². The van der Waals surface area contributed by atoms with Gasteiger partial charge in [-0.15, -0.1) is 0 Å².